The molecular weight excluding hydrogens is 398 g/mol. The molecule has 1 unspecified atom stereocenters. The fourth-order valence-electron chi connectivity index (χ4n) is 4.79. The molecule has 0 amide bonds. The van der Waals surface area contributed by atoms with Gasteiger partial charge in [0.15, 0.2) is 0 Å². The van der Waals surface area contributed by atoms with Crippen LogP contribution in [0.25, 0.3) is 17.2 Å². The Morgan fingerprint density at radius 1 is 1.27 bits per heavy atom. The topological polar surface area (TPSA) is 103 Å². The molecule has 2 aromatic rings. The molecule has 2 N–H and O–H groups in total. The van der Waals surface area contributed by atoms with Gasteiger partial charge in [0.25, 0.3) is 0 Å². The number of aliphatic hydroxyl groups is 1. The van der Waals surface area contributed by atoms with Crippen LogP contribution in [-0.4, -0.2) is 30.0 Å². The van der Waals surface area contributed by atoms with Crippen LogP contribution in [0.15, 0.2) is 48.7 Å². The number of aromatic nitrogens is 1. The number of rotatable bonds is 3. The van der Waals surface area contributed by atoms with Crippen LogP contribution in [0.5, 0.6) is 0 Å². The number of benzene rings is 1. The molecule has 1 aromatic heterocycles. The molecule has 0 bridgehead atoms. The molecule has 0 spiro atoms. The highest BCUT2D eigenvalue weighted by molar-refractivity contribution is 7.89. The molecule has 1 aliphatic heterocycles. The van der Waals surface area contributed by atoms with Crippen LogP contribution in [0.4, 0.5) is 0 Å². The van der Waals surface area contributed by atoms with E-state index >= 15 is 0 Å². The van der Waals surface area contributed by atoms with Crippen molar-refractivity contribution in [1.82, 2.24) is 9.71 Å². The normalized spacial score (nSPS) is 32.6. The van der Waals surface area contributed by atoms with E-state index in [2.05, 4.69) is 29.6 Å². The zero-order valence-corrected chi connectivity index (χ0v) is 17.8. The Hall–Kier alpha value is -2.53. The Morgan fingerprint density at radius 2 is 2.03 bits per heavy atom. The second-order valence-electron chi connectivity index (χ2n) is 8.49. The lowest BCUT2D eigenvalue weighted by molar-refractivity contribution is -0.104. The number of pyridine rings is 1. The first-order valence-electron chi connectivity index (χ1n) is 10.1. The minimum Gasteiger partial charge on any atom is -0.374 e. The maximum atomic E-state index is 12.1. The lowest BCUT2D eigenvalue weighted by Gasteiger charge is -2.46. The van der Waals surface area contributed by atoms with E-state index in [1.54, 1.807) is 12.3 Å². The largest absolute Gasteiger partial charge is 0.374 e. The summed E-state index contributed by atoms with van der Waals surface area (Å²) in [4.78, 5) is 4.48. The van der Waals surface area contributed by atoms with Gasteiger partial charge in [-0.3, -0.25) is 4.98 Å². The lowest BCUT2D eigenvalue weighted by atomic mass is 9.64. The number of hydrogen-bond acceptors (Lipinski definition) is 5. The summed E-state index contributed by atoms with van der Waals surface area (Å²) >= 11 is 0. The van der Waals surface area contributed by atoms with E-state index < -0.39 is 15.7 Å². The van der Waals surface area contributed by atoms with E-state index in [0.717, 1.165) is 11.1 Å². The van der Waals surface area contributed by atoms with Crippen molar-refractivity contribution in [3.8, 4) is 17.2 Å². The molecule has 2 fully saturated rings. The van der Waals surface area contributed by atoms with Crippen LogP contribution < -0.4 is 4.72 Å². The average molecular weight is 424 g/mol. The summed E-state index contributed by atoms with van der Waals surface area (Å²) in [5.74, 6) is -0.274. The van der Waals surface area contributed by atoms with Crippen LogP contribution >= 0.6 is 0 Å². The van der Waals surface area contributed by atoms with Crippen molar-refractivity contribution in [3.05, 3.63) is 59.9 Å². The molecule has 156 valence electrons. The predicted molar refractivity (Wildman–Crippen MR) is 115 cm³/mol. The second-order valence-corrected chi connectivity index (χ2v) is 10.3. The number of nitriles is 1. The molecule has 1 saturated heterocycles. The Morgan fingerprint density at radius 3 is 2.73 bits per heavy atom. The summed E-state index contributed by atoms with van der Waals surface area (Å²) in [6.45, 7) is 4.16. The van der Waals surface area contributed by atoms with Gasteiger partial charge in [-0.05, 0) is 36.5 Å². The third-order valence-electron chi connectivity index (χ3n) is 6.61. The molecule has 1 aliphatic carbocycles. The zero-order valence-electron chi connectivity index (χ0n) is 17.0. The van der Waals surface area contributed by atoms with Crippen molar-refractivity contribution in [3.63, 3.8) is 0 Å². The molecule has 7 heteroatoms. The molecule has 6 nitrogen and oxygen atoms in total. The van der Waals surface area contributed by atoms with Crippen LogP contribution in [0.2, 0.25) is 0 Å². The molecule has 2 aliphatic rings. The SMILES string of the molecule is C[C@@H]1[C@@H](C)C[C@H]2CS(=O)(=O)NC2(O)[C@H]1/C=C/c1ccc(-c2ccccc2C#N)cn1. The lowest BCUT2D eigenvalue weighted by Crippen LogP contribution is -2.57. The fourth-order valence-corrected chi connectivity index (χ4v) is 6.60. The van der Waals surface area contributed by atoms with Gasteiger partial charge in [0, 0.05) is 29.2 Å². The van der Waals surface area contributed by atoms with Gasteiger partial charge in [-0.25, -0.2) is 8.42 Å². The molecular formula is C23H25N3O3S. The van der Waals surface area contributed by atoms with Crippen LogP contribution in [-0.2, 0) is 10.0 Å². The third-order valence-corrected chi connectivity index (χ3v) is 8.09. The standard InChI is InChI=1S/C23H25N3O3S/c1-15-11-19-14-30(28,29)26-23(19,27)22(16(15)2)10-9-20-8-7-18(13-25-20)21-6-4-3-5-17(21)12-24/h3-10,13,15-16,19,22,26-27H,11,14H2,1-2H3/b10-9+/t15-,16+,19-,22-,23?/m0/s1. The first kappa shape index (κ1) is 20.7. The highest BCUT2D eigenvalue weighted by Gasteiger charge is 2.57. The van der Waals surface area contributed by atoms with E-state index in [1.807, 2.05) is 42.5 Å². The van der Waals surface area contributed by atoms with Crippen molar-refractivity contribution < 1.29 is 13.5 Å². The highest BCUT2D eigenvalue weighted by atomic mass is 32.2. The third kappa shape index (κ3) is 3.67. The molecule has 1 aromatic carbocycles. The first-order chi connectivity index (χ1) is 14.2. The fraction of sp³-hybridized carbons (Fsp3) is 0.391. The van der Waals surface area contributed by atoms with Crippen LogP contribution in [0, 0.1) is 35.0 Å². The summed E-state index contributed by atoms with van der Waals surface area (Å²) in [7, 11) is -3.47. The van der Waals surface area contributed by atoms with Gasteiger partial charge in [-0.15, -0.1) is 0 Å². The van der Waals surface area contributed by atoms with Crippen LogP contribution in [0.3, 0.4) is 0 Å². The molecule has 4 rings (SSSR count). The highest BCUT2D eigenvalue weighted by Crippen LogP contribution is 2.47. The van der Waals surface area contributed by atoms with Gasteiger partial charge in [0.1, 0.15) is 5.72 Å². The van der Waals surface area contributed by atoms with E-state index in [4.69, 9.17) is 0 Å². The Labute approximate surface area is 177 Å². The smallest absolute Gasteiger partial charge is 0.214 e. The molecule has 0 radical (unpaired) electrons. The van der Waals surface area contributed by atoms with Crippen LogP contribution in [0.1, 0.15) is 31.5 Å². The van der Waals surface area contributed by atoms with Gasteiger partial charge >= 0.3 is 0 Å². The summed E-state index contributed by atoms with van der Waals surface area (Å²) in [5, 5.41) is 20.5. The van der Waals surface area contributed by atoms with E-state index in [9.17, 15) is 18.8 Å². The predicted octanol–water partition coefficient (Wildman–Crippen LogP) is 3.16. The Bertz CT molecular complexity index is 1120. The van der Waals surface area contributed by atoms with Gasteiger partial charge in [-0.1, -0.05) is 44.2 Å². The van der Waals surface area contributed by atoms with Crippen molar-refractivity contribution in [1.29, 1.82) is 5.26 Å². The summed E-state index contributed by atoms with van der Waals surface area (Å²) in [5.41, 5.74) is 1.53. The van der Waals surface area contributed by atoms with E-state index in [-0.39, 0.29) is 23.5 Å². The molecule has 2 heterocycles. The number of fused-ring (bicyclic) bond motifs is 1. The van der Waals surface area contributed by atoms with Crippen molar-refractivity contribution in [2.45, 2.75) is 26.0 Å². The first-order valence-corrected chi connectivity index (χ1v) is 11.8. The van der Waals surface area contributed by atoms with E-state index in [0.29, 0.717) is 23.6 Å². The average Bonchev–Trinajstić information content (AvgIpc) is 2.96. The minimum absolute atomic E-state index is 0.0316. The number of nitrogens with zero attached hydrogens (tertiary/aromatic N) is 2. The number of hydrogen-bond donors (Lipinski definition) is 2. The van der Waals surface area contributed by atoms with Crippen molar-refractivity contribution >= 4 is 16.1 Å². The number of nitrogens with one attached hydrogen (secondary N) is 1. The molecule has 5 atom stereocenters. The van der Waals surface area contributed by atoms with Crippen molar-refractivity contribution in [2.24, 2.45) is 23.7 Å². The number of sulfonamides is 1. The van der Waals surface area contributed by atoms with Gasteiger partial charge < -0.3 is 5.11 Å². The van der Waals surface area contributed by atoms with Gasteiger partial charge in [0.2, 0.25) is 10.0 Å². The summed E-state index contributed by atoms with van der Waals surface area (Å²) < 4.78 is 26.8. The summed E-state index contributed by atoms with van der Waals surface area (Å²) in [6, 6.07) is 13.3. The Balaban J connectivity index is 1.60. The second kappa shape index (κ2) is 7.62. The Kier molecular flexibility index (Phi) is 5.27. The van der Waals surface area contributed by atoms with Gasteiger partial charge in [0.05, 0.1) is 23.1 Å². The maximum Gasteiger partial charge on any atom is 0.214 e. The quantitative estimate of drug-likeness (QED) is 0.789. The minimum atomic E-state index is -3.47. The molecule has 30 heavy (non-hydrogen) atoms. The molecule has 1 saturated carbocycles. The summed E-state index contributed by atoms with van der Waals surface area (Å²) in [6.07, 6.45) is 6.12. The zero-order chi connectivity index (χ0) is 21.5. The maximum absolute atomic E-state index is 12.1. The van der Waals surface area contributed by atoms with Gasteiger partial charge in [-0.2, -0.15) is 9.98 Å². The van der Waals surface area contributed by atoms with E-state index in [1.165, 1.54) is 0 Å². The monoisotopic (exact) mass is 423 g/mol. The van der Waals surface area contributed by atoms with Crippen molar-refractivity contribution in [2.75, 3.05) is 5.75 Å².